The Bertz CT molecular complexity index is 770. The molecule has 1 aliphatic rings. The summed E-state index contributed by atoms with van der Waals surface area (Å²) < 4.78 is 0.746. The molecule has 130 valence electrons. The molecule has 2 aromatic heterocycles. The predicted octanol–water partition coefficient (Wildman–Crippen LogP) is 3.47. The van der Waals surface area contributed by atoms with Crippen LogP contribution in [0.5, 0.6) is 0 Å². The minimum Gasteiger partial charge on any atom is -0.385 e. The van der Waals surface area contributed by atoms with Gasteiger partial charge in [-0.2, -0.15) is 4.98 Å². The lowest BCUT2D eigenvalue weighted by molar-refractivity contribution is 0.940. The lowest BCUT2D eigenvalue weighted by Gasteiger charge is -2.10. The molecule has 0 amide bonds. The summed E-state index contributed by atoms with van der Waals surface area (Å²) in [6, 6.07) is 5.88. The van der Waals surface area contributed by atoms with E-state index in [1.54, 1.807) is 12.4 Å². The maximum Gasteiger partial charge on any atom is 0.224 e. The van der Waals surface area contributed by atoms with Gasteiger partial charge in [0.05, 0.1) is 4.47 Å². The van der Waals surface area contributed by atoms with E-state index in [1.807, 2.05) is 24.3 Å². The van der Waals surface area contributed by atoms with Crippen molar-refractivity contribution in [2.75, 3.05) is 17.2 Å². The van der Waals surface area contributed by atoms with Gasteiger partial charge in [0.15, 0.2) is 5.82 Å². The molecule has 0 saturated heterocycles. The maximum atomic E-state index is 6.05. The summed E-state index contributed by atoms with van der Waals surface area (Å²) in [6.07, 6.45) is 8.56. The second kappa shape index (κ2) is 8.11. The van der Waals surface area contributed by atoms with Crippen molar-refractivity contribution in [2.45, 2.75) is 19.3 Å². The van der Waals surface area contributed by atoms with Gasteiger partial charge in [-0.25, -0.2) is 4.98 Å². The normalized spacial score (nSPS) is 14.2. The first-order chi connectivity index (χ1) is 12.1. The molecule has 1 fully saturated rings. The van der Waals surface area contributed by atoms with E-state index in [1.165, 1.54) is 12.8 Å². The Hall–Kier alpha value is -2.41. The minimum absolute atomic E-state index is 0.524. The third-order valence-electron chi connectivity index (χ3n) is 3.84. The molecule has 4 N–H and O–H groups in total. The van der Waals surface area contributed by atoms with Crippen LogP contribution in [0, 0.1) is 5.92 Å². The van der Waals surface area contributed by atoms with Gasteiger partial charge >= 0.3 is 0 Å². The van der Waals surface area contributed by atoms with Crippen LogP contribution in [-0.2, 0) is 6.42 Å². The molecular weight excluding hydrogens is 380 g/mol. The Morgan fingerprint density at radius 2 is 2.20 bits per heavy atom. The Morgan fingerprint density at radius 3 is 2.92 bits per heavy atom. The fraction of sp³-hybridized carbons (Fsp3) is 0.278. The highest BCUT2D eigenvalue weighted by molar-refractivity contribution is 9.10. The van der Waals surface area contributed by atoms with Gasteiger partial charge in [-0.3, -0.25) is 4.98 Å². The van der Waals surface area contributed by atoms with E-state index in [0.29, 0.717) is 30.0 Å². The summed E-state index contributed by atoms with van der Waals surface area (Å²) in [5.41, 5.74) is 8.13. The van der Waals surface area contributed by atoms with Gasteiger partial charge < -0.3 is 16.4 Å². The van der Waals surface area contributed by atoms with Gasteiger partial charge in [0.2, 0.25) is 5.95 Å². The number of rotatable bonds is 8. The zero-order valence-electron chi connectivity index (χ0n) is 13.9. The average Bonchev–Trinajstić information content (AvgIpc) is 3.44. The van der Waals surface area contributed by atoms with Crippen LogP contribution in [0.25, 0.3) is 0 Å². The van der Waals surface area contributed by atoms with E-state index in [2.05, 4.69) is 48.1 Å². The van der Waals surface area contributed by atoms with E-state index in [0.717, 1.165) is 22.2 Å². The number of hydrogen-bond donors (Lipinski definition) is 3. The highest BCUT2D eigenvalue weighted by Gasteiger charge is 2.23. The summed E-state index contributed by atoms with van der Waals surface area (Å²) in [5, 5.41) is 6.30. The molecular formula is C18H21BrN6. The molecule has 0 radical (unpaired) electrons. The number of anilines is 2. The van der Waals surface area contributed by atoms with Gasteiger partial charge in [-0.15, -0.1) is 0 Å². The van der Waals surface area contributed by atoms with E-state index in [9.17, 15) is 0 Å². The number of nitrogens with one attached hydrogen (secondary N) is 2. The molecule has 2 aromatic rings. The standard InChI is InChI=1S/C18H21BrN6/c1-12(13-5-6-13)10-16(20)24-17-15(19)11-23-18(25-17)22-9-7-14-4-2-3-8-21-14/h2-4,8,10-11,13H,1,5-7,9,20H2,(H2,22,23,24,25)/b16-10+. The van der Waals surface area contributed by atoms with Crippen molar-refractivity contribution in [3.8, 4) is 0 Å². The van der Waals surface area contributed by atoms with Gasteiger partial charge in [-0.05, 0) is 58.5 Å². The zero-order valence-corrected chi connectivity index (χ0v) is 15.5. The number of nitrogens with two attached hydrogens (primary N) is 1. The van der Waals surface area contributed by atoms with E-state index < -0.39 is 0 Å². The first kappa shape index (κ1) is 17.4. The number of aromatic nitrogens is 3. The summed E-state index contributed by atoms with van der Waals surface area (Å²) >= 11 is 3.44. The summed E-state index contributed by atoms with van der Waals surface area (Å²) in [5.74, 6) is 2.26. The van der Waals surface area contributed by atoms with Crippen molar-refractivity contribution in [1.82, 2.24) is 15.0 Å². The minimum atomic E-state index is 0.524. The smallest absolute Gasteiger partial charge is 0.224 e. The van der Waals surface area contributed by atoms with Crippen LogP contribution < -0.4 is 16.4 Å². The molecule has 6 nitrogen and oxygen atoms in total. The third-order valence-corrected chi connectivity index (χ3v) is 4.42. The number of halogens is 1. The average molecular weight is 401 g/mol. The molecule has 1 saturated carbocycles. The molecule has 0 spiro atoms. The monoisotopic (exact) mass is 400 g/mol. The quantitative estimate of drug-likeness (QED) is 0.587. The van der Waals surface area contributed by atoms with Crippen LogP contribution in [0.3, 0.4) is 0 Å². The number of pyridine rings is 1. The molecule has 3 rings (SSSR count). The molecule has 0 aliphatic heterocycles. The zero-order chi connectivity index (χ0) is 17.6. The van der Waals surface area contributed by atoms with Crippen LogP contribution >= 0.6 is 15.9 Å². The van der Waals surface area contributed by atoms with Crippen molar-refractivity contribution in [2.24, 2.45) is 11.7 Å². The first-order valence-electron chi connectivity index (χ1n) is 8.21. The topological polar surface area (TPSA) is 88.8 Å². The van der Waals surface area contributed by atoms with Crippen molar-refractivity contribution >= 4 is 27.7 Å². The Labute approximate surface area is 155 Å². The highest BCUT2D eigenvalue weighted by atomic mass is 79.9. The number of hydrogen-bond acceptors (Lipinski definition) is 6. The van der Waals surface area contributed by atoms with Gasteiger partial charge in [-0.1, -0.05) is 12.6 Å². The molecule has 1 aliphatic carbocycles. The van der Waals surface area contributed by atoms with Crippen molar-refractivity contribution in [1.29, 1.82) is 0 Å². The number of nitrogens with zero attached hydrogens (tertiary/aromatic N) is 3. The highest BCUT2D eigenvalue weighted by Crippen LogP contribution is 2.36. The third kappa shape index (κ3) is 5.29. The number of allylic oxidation sites excluding steroid dienone is 2. The van der Waals surface area contributed by atoms with E-state index in [4.69, 9.17) is 5.73 Å². The van der Waals surface area contributed by atoms with Gasteiger partial charge in [0.25, 0.3) is 0 Å². The Kier molecular flexibility index (Phi) is 5.65. The predicted molar refractivity (Wildman–Crippen MR) is 104 cm³/mol. The molecule has 0 bridgehead atoms. The van der Waals surface area contributed by atoms with Gasteiger partial charge in [0.1, 0.15) is 5.82 Å². The summed E-state index contributed by atoms with van der Waals surface area (Å²) in [4.78, 5) is 13.0. The first-order valence-corrected chi connectivity index (χ1v) is 9.00. The van der Waals surface area contributed by atoms with Crippen LogP contribution in [0.4, 0.5) is 11.8 Å². The Balaban J connectivity index is 1.58. The van der Waals surface area contributed by atoms with Crippen LogP contribution in [0.1, 0.15) is 18.5 Å². The maximum absolute atomic E-state index is 6.05. The van der Waals surface area contributed by atoms with Crippen LogP contribution in [-0.4, -0.2) is 21.5 Å². The fourth-order valence-corrected chi connectivity index (χ4v) is 2.62. The second-order valence-electron chi connectivity index (χ2n) is 5.96. The molecule has 25 heavy (non-hydrogen) atoms. The molecule has 7 heteroatoms. The molecule has 2 heterocycles. The molecule has 0 unspecified atom stereocenters. The lowest BCUT2D eigenvalue weighted by Crippen LogP contribution is -2.13. The lowest BCUT2D eigenvalue weighted by atomic mass is 10.2. The van der Waals surface area contributed by atoms with Gasteiger partial charge in [0, 0.05) is 31.1 Å². The van der Waals surface area contributed by atoms with Crippen LogP contribution in [0.2, 0.25) is 0 Å². The summed E-state index contributed by atoms with van der Waals surface area (Å²) in [7, 11) is 0. The molecule has 0 atom stereocenters. The van der Waals surface area contributed by atoms with Crippen molar-refractivity contribution in [3.63, 3.8) is 0 Å². The second-order valence-corrected chi connectivity index (χ2v) is 6.82. The largest absolute Gasteiger partial charge is 0.385 e. The van der Waals surface area contributed by atoms with E-state index >= 15 is 0 Å². The molecule has 0 aromatic carbocycles. The summed E-state index contributed by atoms with van der Waals surface area (Å²) in [6.45, 7) is 4.74. The van der Waals surface area contributed by atoms with Crippen molar-refractivity contribution in [3.05, 3.63) is 64.8 Å². The van der Waals surface area contributed by atoms with Crippen LogP contribution in [0.15, 0.2) is 59.1 Å². The van der Waals surface area contributed by atoms with Crippen molar-refractivity contribution < 1.29 is 0 Å². The SMILES string of the molecule is C=C(/C=C(\N)Nc1nc(NCCc2ccccn2)ncc1Br)C1CC1. The Morgan fingerprint density at radius 1 is 1.36 bits per heavy atom. The van der Waals surface area contributed by atoms with E-state index in [-0.39, 0.29) is 0 Å². The fourth-order valence-electron chi connectivity index (χ4n) is 2.33.